The van der Waals surface area contributed by atoms with E-state index in [0.717, 1.165) is 12.0 Å². The van der Waals surface area contributed by atoms with E-state index in [0.29, 0.717) is 5.92 Å². The van der Waals surface area contributed by atoms with Gasteiger partial charge in [0.25, 0.3) is 5.91 Å². The Hall–Kier alpha value is -0.830. The fourth-order valence-corrected chi connectivity index (χ4v) is 3.08. The second kappa shape index (κ2) is 2.60. The van der Waals surface area contributed by atoms with Gasteiger partial charge in [-0.05, 0) is 29.6 Å². The normalized spacial score (nSPS) is 38.3. The molecule has 0 radical (unpaired) electrons. The molecule has 0 heterocycles. The highest BCUT2D eigenvalue weighted by Crippen LogP contribution is 2.64. The largest absolute Gasteiger partial charge is 0.290 e. The van der Waals surface area contributed by atoms with Crippen molar-refractivity contribution in [2.24, 2.45) is 22.6 Å². The van der Waals surface area contributed by atoms with Gasteiger partial charge in [-0.3, -0.25) is 10.2 Å². The summed E-state index contributed by atoms with van der Waals surface area (Å²) >= 11 is 0. The molecular formula is C11H18N2O. The van der Waals surface area contributed by atoms with E-state index in [1.165, 1.54) is 6.42 Å². The summed E-state index contributed by atoms with van der Waals surface area (Å²) in [5.41, 5.74) is 3.52. The first-order valence-corrected chi connectivity index (χ1v) is 5.16. The van der Waals surface area contributed by atoms with Gasteiger partial charge in [-0.15, -0.1) is 0 Å². The highest BCUT2D eigenvalue weighted by molar-refractivity contribution is 5.94. The van der Waals surface area contributed by atoms with Crippen molar-refractivity contribution in [2.45, 2.75) is 33.6 Å². The monoisotopic (exact) mass is 194 g/mol. The predicted octanol–water partition coefficient (Wildman–Crippen LogP) is 1.36. The average molecular weight is 194 g/mol. The minimum atomic E-state index is -0.105. The van der Waals surface area contributed by atoms with Crippen molar-refractivity contribution in [1.29, 1.82) is 0 Å². The molecule has 3 heteroatoms. The number of hydrogen-bond acceptors (Lipinski definition) is 2. The summed E-state index contributed by atoms with van der Waals surface area (Å²) in [4.78, 5) is 11.5. The molecule has 3 N–H and O–H groups in total. The molecule has 2 unspecified atom stereocenters. The lowest BCUT2D eigenvalue weighted by atomic mass is 9.70. The SMILES string of the molecule is CC12C=C(C(=O)NN)C(CC1)C2(C)C. The van der Waals surface area contributed by atoms with Crippen LogP contribution in [0.4, 0.5) is 0 Å². The van der Waals surface area contributed by atoms with Gasteiger partial charge in [-0.1, -0.05) is 26.8 Å². The molecule has 78 valence electrons. The quantitative estimate of drug-likeness (QED) is 0.376. The van der Waals surface area contributed by atoms with E-state index in [9.17, 15) is 4.79 Å². The molecule has 2 aliphatic carbocycles. The number of fused-ring (bicyclic) bond motifs is 2. The molecule has 1 fully saturated rings. The number of nitrogens with one attached hydrogen (secondary N) is 1. The van der Waals surface area contributed by atoms with Crippen molar-refractivity contribution >= 4 is 5.91 Å². The summed E-state index contributed by atoms with van der Waals surface area (Å²) in [6.45, 7) is 6.74. The fourth-order valence-electron chi connectivity index (χ4n) is 3.08. The third kappa shape index (κ3) is 0.934. The molecule has 0 aromatic carbocycles. The van der Waals surface area contributed by atoms with Crippen LogP contribution in [0.5, 0.6) is 0 Å². The second-order valence-electron chi connectivity index (χ2n) is 5.30. The van der Waals surface area contributed by atoms with E-state index in [2.05, 4.69) is 32.3 Å². The lowest BCUT2D eigenvalue weighted by molar-refractivity contribution is -0.118. The zero-order chi connectivity index (χ0) is 10.6. The van der Waals surface area contributed by atoms with E-state index >= 15 is 0 Å². The summed E-state index contributed by atoms with van der Waals surface area (Å²) in [6.07, 6.45) is 4.43. The molecule has 2 rings (SSSR count). The Morgan fingerprint density at radius 2 is 2.21 bits per heavy atom. The van der Waals surface area contributed by atoms with Crippen molar-refractivity contribution in [3.8, 4) is 0 Å². The first-order chi connectivity index (χ1) is 6.42. The van der Waals surface area contributed by atoms with Crippen molar-refractivity contribution in [3.05, 3.63) is 11.6 Å². The van der Waals surface area contributed by atoms with Crippen molar-refractivity contribution < 1.29 is 4.79 Å². The zero-order valence-electron chi connectivity index (χ0n) is 9.05. The average Bonchev–Trinajstić information content (AvgIpc) is 2.47. The van der Waals surface area contributed by atoms with Crippen molar-refractivity contribution in [3.63, 3.8) is 0 Å². The Morgan fingerprint density at radius 3 is 2.57 bits per heavy atom. The number of allylic oxidation sites excluding steroid dienone is 1. The molecule has 2 atom stereocenters. The maximum absolute atomic E-state index is 11.5. The van der Waals surface area contributed by atoms with Gasteiger partial charge in [0, 0.05) is 5.57 Å². The highest BCUT2D eigenvalue weighted by Gasteiger charge is 2.57. The number of carbonyl (C=O) groups excluding carboxylic acids is 1. The maximum atomic E-state index is 11.5. The van der Waals surface area contributed by atoms with Crippen molar-refractivity contribution in [2.75, 3.05) is 0 Å². The van der Waals surface area contributed by atoms with E-state index in [-0.39, 0.29) is 16.7 Å². The number of hydrazine groups is 1. The Kier molecular flexibility index (Phi) is 1.80. The van der Waals surface area contributed by atoms with Crippen LogP contribution < -0.4 is 11.3 Å². The molecule has 0 aliphatic heterocycles. The van der Waals surface area contributed by atoms with Crippen LogP contribution in [0.3, 0.4) is 0 Å². The van der Waals surface area contributed by atoms with Gasteiger partial charge in [0.2, 0.25) is 0 Å². The van der Waals surface area contributed by atoms with Crippen LogP contribution in [0.2, 0.25) is 0 Å². The minimum Gasteiger partial charge on any atom is -0.290 e. The lowest BCUT2D eigenvalue weighted by Crippen LogP contribution is -2.34. The molecule has 1 saturated carbocycles. The topological polar surface area (TPSA) is 55.1 Å². The van der Waals surface area contributed by atoms with E-state index < -0.39 is 0 Å². The number of rotatable bonds is 1. The Bertz CT molecular complexity index is 319. The highest BCUT2D eigenvalue weighted by atomic mass is 16.2. The van der Waals surface area contributed by atoms with Crippen molar-refractivity contribution in [1.82, 2.24) is 5.43 Å². The van der Waals surface area contributed by atoms with Gasteiger partial charge >= 0.3 is 0 Å². The van der Waals surface area contributed by atoms with Gasteiger partial charge in [0.05, 0.1) is 0 Å². The van der Waals surface area contributed by atoms with Gasteiger partial charge in [-0.25, -0.2) is 5.84 Å². The number of carbonyl (C=O) groups is 1. The first kappa shape index (κ1) is 9.71. The lowest BCUT2D eigenvalue weighted by Gasteiger charge is -2.33. The summed E-state index contributed by atoms with van der Waals surface area (Å²) in [5, 5.41) is 0. The summed E-state index contributed by atoms with van der Waals surface area (Å²) in [6, 6.07) is 0. The third-order valence-corrected chi connectivity index (χ3v) is 4.54. The Morgan fingerprint density at radius 1 is 1.57 bits per heavy atom. The van der Waals surface area contributed by atoms with E-state index in [1.54, 1.807) is 0 Å². The molecule has 0 aromatic heterocycles. The summed E-state index contributed by atoms with van der Waals surface area (Å²) < 4.78 is 0. The molecule has 2 bridgehead atoms. The maximum Gasteiger partial charge on any atom is 0.261 e. The van der Waals surface area contributed by atoms with Crippen LogP contribution in [0.1, 0.15) is 33.6 Å². The van der Waals surface area contributed by atoms with Gasteiger partial charge in [0.15, 0.2) is 0 Å². The Balaban J connectivity index is 2.39. The molecule has 2 aliphatic rings. The fraction of sp³-hybridized carbons (Fsp3) is 0.727. The Labute approximate surface area is 84.7 Å². The molecule has 0 aromatic rings. The van der Waals surface area contributed by atoms with Crippen LogP contribution in [-0.4, -0.2) is 5.91 Å². The van der Waals surface area contributed by atoms with Gasteiger partial charge < -0.3 is 0 Å². The number of amides is 1. The standard InChI is InChI=1S/C11H18N2O/c1-10(2)8-4-5-11(10,3)6-7(8)9(14)13-12/h6,8H,4-5,12H2,1-3H3,(H,13,14). The predicted molar refractivity (Wildman–Crippen MR) is 55.0 cm³/mol. The van der Waals surface area contributed by atoms with E-state index in [4.69, 9.17) is 5.84 Å². The first-order valence-electron chi connectivity index (χ1n) is 5.16. The molecule has 1 amide bonds. The van der Waals surface area contributed by atoms with Gasteiger partial charge in [-0.2, -0.15) is 0 Å². The number of nitrogens with two attached hydrogens (primary N) is 1. The van der Waals surface area contributed by atoms with Crippen LogP contribution in [0.15, 0.2) is 11.6 Å². The van der Waals surface area contributed by atoms with Crippen LogP contribution in [-0.2, 0) is 4.79 Å². The van der Waals surface area contributed by atoms with Crippen LogP contribution >= 0.6 is 0 Å². The number of hydrogen-bond donors (Lipinski definition) is 2. The second-order valence-corrected chi connectivity index (χ2v) is 5.30. The minimum absolute atomic E-state index is 0.105. The smallest absolute Gasteiger partial charge is 0.261 e. The zero-order valence-corrected chi connectivity index (χ0v) is 9.05. The molecule has 14 heavy (non-hydrogen) atoms. The van der Waals surface area contributed by atoms with Crippen LogP contribution in [0.25, 0.3) is 0 Å². The van der Waals surface area contributed by atoms with Crippen LogP contribution in [0, 0.1) is 16.7 Å². The summed E-state index contributed by atoms with van der Waals surface area (Å²) in [5.74, 6) is 5.46. The molecule has 0 spiro atoms. The third-order valence-electron chi connectivity index (χ3n) is 4.54. The molecule has 0 saturated heterocycles. The molecular weight excluding hydrogens is 176 g/mol. The summed E-state index contributed by atoms with van der Waals surface area (Å²) in [7, 11) is 0. The van der Waals surface area contributed by atoms with Gasteiger partial charge in [0.1, 0.15) is 0 Å². The van der Waals surface area contributed by atoms with E-state index in [1.807, 2.05) is 0 Å². The molecule has 3 nitrogen and oxygen atoms in total.